The third kappa shape index (κ3) is 2.27. The number of non-ortho nitro benzene ring substituents is 1. The van der Waals surface area contributed by atoms with Crippen molar-refractivity contribution in [3.8, 4) is 11.4 Å². The summed E-state index contributed by atoms with van der Waals surface area (Å²) in [5.41, 5.74) is 1.74. The molecule has 0 radical (unpaired) electrons. The van der Waals surface area contributed by atoms with Gasteiger partial charge in [0.25, 0.3) is 11.2 Å². The Kier molecular flexibility index (Phi) is 2.98. The Morgan fingerprint density at radius 2 is 1.95 bits per heavy atom. The van der Waals surface area contributed by atoms with Gasteiger partial charge in [-0.2, -0.15) is 0 Å². The van der Waals surface area contributed by atoms with Gasteiger partial charge in [-0.1, -0.05) is 24.3 Å². The molecular formula is C15H11N3O3. The van der Waals surface area contributed by atoms with Crippen LogP contribution >= 0.6 is 0 Å². The van der Waals surface area contributed by atoms with Crippen LogP contribution in [0.4, 0.5) is 5.69 Å². The third-order valence-corrected chi connectivity index (χ3v) is 3.30. The number of nitro benzene ring substituents is 1. The Morgan fingerprint density at radius 3 is 2.67 bits per heavy atom. The van der Waals surface area contributed by atoms with E-state index in [4.69, 9.17) is 0 Å². The molecule has 0 spiro atoms. The predicted molar refractivity (Wildman–Crippen MR) is 79.2 cm³/mol. The summed E-state index contributed by atoms with van der Waals surface area (Å²) in [5, 5.41) is 11.0. The van der Waals surface area contributed by atoms with Crippen LogP contribution in [0.1, 0.15) is 5.56 Å². The Balaban J connectivity index is 2.26. The maximum atomic E-state index is 12.1. The number of nitrogens with zero attached hydrogens (tertiary/aromatic N) is 2. The molecule has 3 rings (SSSR count). The van der Waals surface area contributed by atoms with Crippen molar-refractivity contribution in [2.24, 2.45) is 0 Å². The first-order chi connectivity index (χ1) is 10.1. The maximum absolute atomic E-state index is 12.1. The van der Waals surface area contributed by atoms with Gasteiger partial charge in [-0.3, -0.25) is 14.9 Å². The summed E-state index contributed by atoms with van der Waals surface area (Å²) >= 11 is 0. The second-order valence-corrected chi connectivity index (χ2v) is 4.69. The number of H-pyrrole nitrogens is 1. The van der Waals surface area contributed by atoms with E-state index in [1.807, 2.05) is 31.2 Å². The van der Waals surface area contributed by atoms with Crippen molar-refractivity contribution >= 4 is 16.6 Å². The van der Waals surface area contributed by atoms with Crippen LogP contribution < -0.4 is 5.56 Å². The molecule has 0 bridgehead atoms. The van der Waals surface area contributed by atoms with Gasteiger partial charge < -0.3 is 4.98 Å². The van der Waals surface area contributed by atoms with Gasteiger partial charge >= 0.3 is 0 Å². The van der Waals surface area contributed by atoms with Gasteiger partial charge in [-0.15, -0.1) is 0 Å². The first-order valence-corrected chi connectivity index (χ1v) is 6.31. The fraction of sp³-hybridized carbons (Fsp3) is 0.0667. The molecule has 0 saturated heterocycles. The van der Waals surface area contributed by atoms with Crippen LogP contribution in [0.25, 0.3) is 22.3 Å². The van der Waals surface area contributed by atoms with Crippen molar-refractivity contribution < 1.29 is 4.92 Å². The number of rotatable bonds is 2. The summed E-state index contributed by atoms with van der Waals surface area (Å²) in [6.45, 7) is 1.93. The molecule has 0 unspecified atom stereocenters. The molecule has 1 aromatic heterocycles. The fourth-order valence-corrected chi connectivity index (χ4v) is 2.21. The normalized spacial score (nSPS) is 10.7. The number of nitro groups is 1. The van der Waals surface area contributed by atoms with Crippen LogP contribution in [0.15, 0.2) is 47.3 Å². The van der Waals surface area contributed by atoms with Crippen LogP contribution in [0.3, 0.4) is 0 Å². The third-order valence-electron chi connectivity index (χ3n) is 3.30. The summed E-state index contributed by atoms with van der Waals surface area (Å²) in [6.07, 6.45) is 0. The number of benzene rings is 2. The Morgan fingerprint density at radius 1 is 1.19 bits per heavy atom. The number of hydrogen-bond donors (Lipinski definition) is 1. The van der Waals surface area contributed by atoms with Crippen molar-refractivity contribution in [3.63, 3.8) is 0 Å². The number of fused-ring (bicyclic) bond motifs is 1. The molecule has 3 aromatic rings. The lowest BCUT2D eigenvalue weighted by Crippen LogP contribution is -2.10. The van der Waals surface area contributed by atoms with Gasteiger partial charge in [0.1, 0.15) is 5.82 Å². The standard InChI is InChI=1S/C15H11N3O3/c1-9-4-2-3-5-11(9)14-16-13-7-6-10(18(20)21)8-12(13)15(19)17-14/h2-8H,1H3,(H,16,17,19). The Bertz CT molecular complexity index is 915. The minimum atomic E-state index is -0.534. The molecule has 1 N–H and O–H groups in total. The lowest BCUT2D eigenvalue weighted by atomic mass is 10.1. The molecule has 104 valence electrons. The highest BCUT2D eigenvalue weighted by Gasteiger charge is 2.12. The average molecular weight is 281 g/mol. The largest absolute Gasteiger partial charge is 0.306 e. The molecule has 0 aliphatic carbocycles. The van der Waals surface area contributed by atoms with Crippen molar-refractivity contribution in [1.29, 1.82) is 0 Å². The quantitative estimate of drug-likeness (QED) is 0.577. The van der Waals surface area contributed by atoms with Gasteiger partial charge in [-0.25, -0.2) is 4.98 Å². The lowest BCUT2D eigenvalue weighted by molar-refractivity contribution is -0.384. The first-order valence-electron chi connectivity index (χ1n) is 6.31. The number of aromatic nitrogens is 2. The number of aryl methyl sites for hydroxylation is 1. The second-order valence-electron chi connectivity index (χ2n) is 4.69. The van der Waals surface area contributed by atoms with Gasteiger partial charge in [0.2, 0.25) is 0 Å². The van der Waals surface area contributed by atoms with Crippen molar-refractivity contribution in [2.45, 2.75) is 6.92 Å². The predicted octanol–water partition coefficient (Wildman–Crippen LogP) is 2.81. The SMILES string of the molecule is Cc1ccccc1-c1nc2ccc([N+](=O)[O-])cc2c(=O)[nH]1. The summed E-state index contributed by atoms with van der Waals surface area (Å²) < 4.78 is 0. The van der Waals surface area contributed by atoms with E-state index in [2.05, 4.69) is 9.97 Å². The Hall–Kier alpha value is -3.02. The highest BCUT2D eigenvalue weighted by Crippen LogP contribution is 2.21. The van der Waals surface area contributed by atoms with Gasteiger partial charge in [-0.05, 0) is 18.6 Å². The zero-order valence-electron chi connectivity index (χ0n) is 11.2. The van der Waals surface area contributed by atoms with Crippen LogP contribution in [0, 0.1) is 17.0 Å². The maximum Gasteiger partial charge on any atom is 0.270 e. The molecule has 0 saturated carbocycles. The monoisotopic (exact) mass is 281 g/mol. The van der Waals surface area contributed by atoms with Crippen LogP contribution in [-0.4, -0.2) is 14.9 Å². The Labute approximate surface area is 119 Å². The molecule has 0 aliphatic heterocycles. The van der Waals surface area contributed by atoms with E-state index < -0.39 is 4.92 Å². The number of hydrogen-bond acceptors (Lipinski definition) is 4. The summed E-state index contributed by atoms with van der Waals surface area (Å²) in [5.74, 6) is 0.458. The molecule has 6 heteroatoms. The minimum Gasteiger partial charge on any atom is -0.306 e. The lowest BCUT2D eigenvalue weighted by Gasteiger charge is -2.06. The molecule has 1 heterocycles. The van der Waals surface area contributed by atoms with E-state index in [-0.39, 0.29) is 16.6 Å². The van der Waals surface area contributed by atoms with E-state index in [1.54, 1.807) is 0 Å². The van der Waals surface area contributed by atoms with Crippen LogP contribution in [0.5, 0.6) is 0 Å². The number of aromatic amines is 1. The highest BCUT2D eigenvalue weighted by molar-refractivity contribution is 5.82. The van der Waals surface area contributed by atoms with Crippen molar-refractivity contribution in [3.05, 3.63) is 68.5 Å². The molecule has 0 aliphatic rings. The van der Waals surface area contributed by atoms with E-state index in [0.29, 0.717) is 11.3 Å². The zero-order chi connectivity index (χ0) is 15.0. The van der Waals surface area contributed by atoms with Gasteiger partial charge in [0.05, 0.1) is 15.8 Å². The van der Waals surface area contributed by atoms with Crippen LogP contribution in [0.2, 0.25) is 0 Å². The van der Waals surface area contributed by atoms with E-state index in [9.17, 15) is 14.9 Å². The number of nitrogens with one attached hydrogen (secondary N) is 1. The summed E-state index contributed by atoms with van der Waals surface area (Å²) in [7, 11) is 0. The minimum absolute atomic E-state index is 0.126. The zero-order valence-corrected chi connectivity index (χ0v) is 11.2. The molecule has 0 amide bonds. The smallest absolute Gasteiger partial charge is 0.270 e. The summed E-state index contributed by atoms with van der Waals surface area (Å²) in [4.78, 5) is 29.4. The van der Waals surface area contributed by atoms with Crippen molar-refractivity contribution in [2.75, 3.05) is 0 Å². The molecular weight excluding hydrogens is 270 g/mol. The van der Waals surface area contributed by atoms with Crippen molar-refractivity contribution in [1.82, 2.24) is 9.97 Å². The fourth-order valence-electron chi connectivity index (χ4n) is 2.21. The molecule has 6 nitrogen and oxygen atoms in total. The van der Waals surface area contributed by atoms with Gasteiger partial charge in [0, 0.05) is 17.7 Å². The van der Waals surface area contributed by atoms with E-state index in [0.717, 1.165) is 11.1 Å². The molecule has 0 fully saturated rings. The second kappa shape index (κ2) is 4.82. The highest BCUT2D eigenvalue weighted by atomic mass is 16.6. The van der Waals surface area contributed by atoms with E-state index in [1.165, 1.54) is 18.2 Å². The average Bonchev–Trinajstić information content (AvgIpc) is 2.47. The summed E-state index contributed by atoms with van der Waals surface area (Å²) in [6, 6.07) is 11.6. The molecule has 21 heavy (non-hydrogen) atoms. The van der Waals surface area contributed by atoms with E-state index >= 15 is 0 Å². The molecule has 2 aromatic carbocycles. The topological polar surface area (TPSA) is 88.9 Å². The molecule has 0 atom stereocenters. The van der Waals surface area contributed by atoms with Gasteiger partial charge in [0.15, 0.2) is 0 Å². The van der Waals surface area contributed by atoms with Crippen LogP contribution in [-0.2, 0) is 0 Å². The first kappa shape index (κ1) is 13.0.